The van der Waals surface area contributed by atoms with Crippen LogP contribution in [-0.2, 0) is 0 Å². The Morgan fingerprint density at radius 3 is 2.50 bits per heavy atom. The molecular weight excluding hydrogens is 345 g/mol. The number of rotatable bonds is 2. The number of halogens is 3. The highest BCUT2D eigenvalue weighted by molar-refractivity contribution is 6.07. The van der Waals surface area contributed by atoms with Gasteiger partial charge < -0.3 is 0 Å². The van der Waals surface area contributed by atoms with Crippen molar-refractivity contribution in [3.63, 3.8) is 0 Å². The first-order chi connectivity index (χ1) is 12.3. The highest BCUT2D eigenvalue weighted by Crippen LogP contribution is 2.43. The van der Waals surface area contributed by atoms with Crippen LogP contribution in [0.2, 0.25) is 0 Å². The number of hydrogen-bond donors (Lipinski definition) is 0. The molecule has 5 nitrogen and oxygen atoms in total. The van der Waals surface area contributed by atoms with E-state index in [-0.39, 0.29) is 22.4 Å². The molecule has 0 fully saturated rings. The molecular formula is C18H13F3N4O. The number of hydrazone groups is 1. The van der Waals surface area contributed by atoms with Crippen LogP contribution in [0.5, 0.6) is 0 Å². The largest absolute Gasteiger partial charge is 0.413 e. The molecule has 0 N–H and O–H groups in total. The van der Waals surface area contributed by atoms with Crippen molar-refractivity contribution in [2.45, 2.75) is 25.1 Å². The molecule has 2 heterocycles. The van der Waals surface area contributed by atoms with Crippen molar-refractivity contribution in [2.24, 2.45) is 5.10 Å². The summed E-state index contributed by atoms with van der Waals surface area (Å²) in [6, 6.07) is 10.8. The number of nitriles is 1. The zero-order valence-electron chi connectivity index (χ0n) is 13.7. The molecule has 0 radical (unpaired) electrons. The molecule has 1 aliphatic rings. The Bertz CT molecular complexity index is 918. The maximum atomic E-state index is 13.8. The third kappa shape index (κ3) is 2.81. The van der Waals surface area contributed by atoms with Crippen molar-refractivity contribution in [2.75, 3.05) is 0 Å². The van der Waals surface area contributed by atoms with Crippen LogP contribution in [0.4, 0.5) is 13.2 Å². The first-order valence-corrected chi connectivity index (χ1v) is 7.66. The molecule has 0 saturated carbocycles. The van der Waals surface area contributed by atoms with Crippen molar-refractivity contribution in [3.8, 4) is 6.07 Å². The van der Waals surface area contributed by atoms with Gasteiger partial charge in [0.1, 0.15) is 0 Å². The van der Waals surface area contributed by atoms with E-state index >= 15 is 0 Å². The Morgan fingerprint density at radius 1 is 1.23 bits per heavy atom. The second-order valence-electron chi connectivity index (χ2n) is 6.01. The van der Waals surface area contributed by atoms with Gasteiger partial charge in [-0.1, -0.05) is 18.2 Å². The van der Waals surface area contributed by atoms with Gasteiger partial charge >= 0.3 is 6.18 Å². The average molecular weight is 358 g/mol. The fourth-order valence-corrected chi connectivity index (χ4v) is 2.76. The van der Waals surface area contributed by atoms with Crippen LogP contribution in [-0.4, -0.2) is 33.3 Å². The van der Waals surface area contributed by atoms with Crippen LogP contribution in [0.3, 0.4) is 0 Å². The van der Waals surface area contributed by atoms with Crippen LogP contribution in [0, 0.1) is 11.3 Å². The summed E-state index contributed by atoms with van der Waals surface area (Å²) in [6.07, 6.45) is -2.60. The van der Waals surface area contributed by atoms with Crippen molar-refractivity contribution in [1.82, 2.24) is 9.99 Å². The number of hydrogen-bond acceptors (Lipinski definition) is 4. The van der Waals surface area contributed by atoms with Gasteiger partial charge in [0, 0.05) is 29.9 Å². The van der Waals surface area contributed by atoms with Gasteiger partial charge in [0.2, 0.25) is 0 Å². The molecule has 0 spiro atoms. The number of nitrogens with zero attached hydrogens (tertiary/aromatic N) is 4. The fourth-order valence-electron chi connectivity index (χ4n) is 2.76. The Hall–Kier alpha value is -3.21. The maximum Gasteiger partial charge on any atom is 0.413 e. The summed E-state index contributed by atoms with van der Waals surface area (Å²) >= 11 is 0. The molecule has 8 heteroatoms. The quantitative estimate of drug-likeness (QED) is 0.825. The van der Waals surface area contributed by atoms with Gasteiger partial charge in [0.05, 0.1) is 17.3 Å². The molecule has 1 unspecified atom stereocenters. The Morgan fingerprint density at radius 2 is 1.88 bits per heavy atom. The zero-order chi connectivity index (χ0) is 18.9. The standard InChI is InChI=1S/C18H13F3N4O/c1-17(18(19,20)21)10-15(14-5-3-2-4-13(14)11-22)24-25(17)16(26)12-6-8-23-9-7-12/h2-9H,10H2,1H3. The van der Waals surface area contributed by atoms with E-state index < -0.39 is 24.0 Å². The summed E-state index contributed by atoms with van der Waals surface area (Å²) < 4.78 is 41.4. The lowest BCUT2D eigenvalue weighted by molar-refractivity contribution is -0.211. The van der Waals surface area contributed by atoms with E-state index in [1.807, 2.05) is 6.07 Å². The van der Waals surface area contributed by atoms with Crippen LogP contribution in [0.1, 0.15) is 34.8 Å². The molecule has 132 valence electrons. The van der Waals surface area contributed by atoms with Crippen molar-refractivity contribution >= 4 is 11.6 Å². The number of pyridine rings is 1. The molecule has 1 amide bonds. The van der Waals surface area contributed by atoms with E-state index in [2.05, 4.69) is 10.1 Å². The monoisotopic (exact) mass is 358 g/mol. The van der Waals surface area contributed by atoms with Crippen LogP contribution < -0.4 is 0 Å². The summed E-state index contributed by atoms with van der Waals surface area (Å²) in [4.78, 5) is 16.4. The second-order valence-corrected chi connectivity index (χ2v) is 6.01. The fraction of sp³-hybridized carbons (Fsp3) is 0.222. The molecule has 2 aromatic rings. The third-order valence-electron chi connectivity index (χ3n) is 4.29. The molecule has 26 heavy (non-hydrogen) atoms. The SMILES string of the molecule is CC1(C(F)(F)F)CC(c2ccccc2C#N)=NN1C(=O)c1ccncc1. The van der Waals surface area contributed by atoms with Gasteiger partial charge in [-0.3, -0.25) is 9.78 Å². The minimum atomic E-state index is -4.71. The molecule has 0 aliphatic carbocycles. The van der Waals surface area contributed by atoms with Crippen molar-refractivity contribution in [3.05, 3.63) is 65.5 Å². The van der Waals surface area contributed by atoms with E-state index in [1.54, 1.807) is 12.1 Å². The summed E-state index contributed by atoms with van der Waals surface area (Å²) in [7, 11) is 0. The molecule has 1 aromatic carbocycles. The molecule has 0 bridgehead atoms. The van der Waals surface area contributed by atoms with Gasteiger partial charge in [-0.25, -0.2) is 5.01 Å². The number of carbonyl (C=O) groups is 1. The van der Waals surface area contributed by atoms with Crippen molar-refractivity contribution in [1.29, 1.82) is 5.26 Å². The van der Waals surface area contributed by atoms with E-state index in [0.717, 1.165) is 6.92 Å². The van der Waals surface area contributed by atoms with Gasteiger partial charge in [-0.15, -0.1) is 0 Å². The van der Waals surface area contributed by atoms with Gasteiger partial charge in [0.25, 0.3) is 5.91 Å². The predicted octanol–water partition coefficient (Wildman–Crippen LogP) is 3.52. The smallest absolute Gasteiger partial charge is 0.267 e. The van der Waals surface area contributed by atoms with Gasteiger partial charge in [-0.05, 0) is 25.1 Å². The Kier molecular flexibility index (Phi) is 4.24. The lowest BCUT2D eigenvalue weighted by Gasteiger charge is -2.34. The lowest BCUT2D eigenvalue weighted by Crippen LogP contribution is -2.54. The number of carbonyl (C=O) groups excluding carboxylic acids is 1. The minimum absolute atomic E-state index is 0.0457. The average Bonchev–Trinajstić information content (AvgIpc) is 3.00. The van der Waals surface area contributed by atoms with Crippen molar-refractivity contribution < 1.29 is 18.0 Å². The Labute approximate surface area is 147 Å². The van der Waals surface area contributed by atoms with Crippen LogP contribution in [0.25, 0.3) is 0 Å². The molecule has 3 rings (SSSR count). The van der Waals surface area contributed by atoms with E-state index in [1.165, 1.54) is 36.7 Å². The zero-order valence-corrected chi connectivity index (χ0v) is 13.7. The lowest BCUT2D eigenvalue weighted by atomic mass is 9.90. The molecule has 1 aliphatic heterocycles. The third-order valence-corrected chi connectivity index (χ3v) is 4.29. The van der Waals surface area contributed by atoms with E-state index in [9.17, 15) is 23.2 Å². The molecule has 1 atom stereocenters. The van der Waals surface area contributed by atoms with Crippen LogP contribution >= 0.6 is 0 Å². The second kappa shape index (κ2) is 6.26. The topological polar surface area (TPSA) is 69.3 Å². The highest BCUT2D eigenvalue weighted by atomic mass is 19.4. The predicted molar refractivity (Wildman–Crippen MR) is 87.2 cm³/mol. The summed E-state index contributed by atoms with van der Waals surface area (Å²) in [5, 5.41) is 13.6. The number of benzene rings is 1. The van der Waals surface area contributed by atoms with Gasteiger partial charge in [-0.2, -0.15) is 23.5 Å². The minimum Gasteiger partial charge on any atom is -0.267 e. The van der Waals surface area contributed by atoms with E-state index in [0.29, 0.717) is 5.01 Å². The maximum absolute atomic E-state index is 13.8. The number of alkyl halides is 3. The number of aromatic nitrogens is 1. The summed E-state index contributed by atoms with van der Waals surface area (Å²) in [5.41, 5.74) is -1.92. The molecule has 1 aromatic heterocycles. The normalized spacial score (nSPS) is 19.8. The van der Waals surface area contributed by atoms with Crippen LogP contribution in [0.15, 0.2) is 53.9 Å². The highest BCUT2D eigenvalue weighted by Gasteiger charge is 2.60. The van der Waals surface area contributed by atoms with Gasteiger partial charge in [0.15, 0.2) is 5.54 Å². The summed E-state index contributed by atoms with van der Waals surface area (Å²) in [6.45, 7) is 0.928. The summed E-state index contributed by atoms with van der Waals surface area (Å²) in [5.74, 6) is -0.878. The first-order valence-electron chi connectivity index (χ1n) is 7.66. The van der Waals surface area contributed by atoms with E-state index in [4.69, 9.17) is 0 Å². The Balaban J connectivity index is 2.10. The first kappa shape index (κ1) is 17.6. The number of amides is 1. The molecule has 0 saturated heterocycles.